The minimum atomic E-state index is -3.36. The molecule has 1 amide bonds. The highest BCUT2D eigenvalue weighted by molar-refractivity contribution is 7.94. The van der Waals surface area contributed by atoms with E-state index in [0.717, 1.165) is 48.4 Å². The van der Waals surface area contributed by atoms with Gasteiger partial charge in [0.25, 0.3) is 0 Å². The summed E-state index contributed by atoms with van der Waals surface area (Å²) in [5.41, 5.74) is 5.64. The molecule has 1 N–H and O–H groups in total. The van der Waals surface area contributed by atoms with Crippen molar-refractivity contribution in [1.82, 2.24) is 19.8 Å². The number of fused-ring (bicyclic) bond motifs is 1. The van der Waals surface area contributed by atoms with Crippen molar-refractivity contribution in [3.8, 4) is 11.8 Å². The molecule has 2 aromatic heterocycles. The highest BCUT2D eigenvalue weighted by atomic mass is 32.2. The SMILES string of the molecule is CC(C)=CS(=O)(=O)CCNC(=O)CCc1cnc2c(C(=O)CN3CCCCC3)c(C)n(-c3ccc(C#N)cc3)c2c1. The third-order valence-electron chi connectivity index (χ3n) is 7.21. The number of rotatable bonds is 11. The fourth-order valence-corrected chi connectivity index (χ4v) is 6.53. The average Bonchev–Trinajstić information content (AvgIpc) is 3.22. The fraction of sp³-hybridized carbons (Fsp3) is 0.419. The second-order valence-corrected chi connectivity index (χ2v) is 12.8. The summed E-state index contributed by atoms with van der Waals surface area (Å²) in [4.78, 5) is 32.9. The lowest BCUT2D eigenvalue weighted by atomic mass is 10.1. The predicted octanol–water partition coefficient (Wildman–Crippen LogP) is 4.26. The van der Waals surface area contributed by atoms with Crippen LogP contribution >= 0.6 is 0 Å². The third-order valence-corrected chi connectivity index (χ3v) is 8.82. The number of allylic oxidation sites excluding steroid dienone is 1. The number of piperidine rings is 1. The van der Waals surface area contributed by atoms with Gasteiger partial charge in [-0.3, -0.25) is 19.5 Å². The number of aryl methyl sites for hydroxylation is 1. The number of likely N-dealkylation sites (tertiary alicyclic amines) is 1. The van der Waals surface area contributed by atoms with Gasteiger partial charge in [-0.05, 0) is 89.0 Å². The summed E-state index contributed by atoms with van der Waals surface area (Å²) in [7, 11) is -3.36. The van der Waals surface area contributed by atoms with Gasteiger partial charge in [-0.1, -0.05) is 12.0 Å². The number of amides is 1. The molecule has 0 unspecified atom stereocenters. The summed E-state index contributed by atoms with van der Waals surface area (Å²) in [6, 6.07) is 11.3. The molecule has 1 aliphatic rings. The number of aromatic nitrogens is 2. The number of nitrogens with zero attached hydrogens (tertiary/aromatic N) is 4. The van der Waals surface area contributed by atoms with Gasteiger partial charge in [0.15, 0.2) is 15.6 Å². The standard InChI is InChI=1S/C31H37N5O4S/c1-22(2)21-41(39,40)16-13-33-29(38)12-9-25-17-27-31(34-19-25)30(28(37)20-35-14-5-4-6-15-35)23(3)36(27)26-10-7-24(18-32)8-11-26/h7-8,10-11,17,19,21H,4-6,9,12-16,20H2,1-3H3,(H,33,38). The molecule has 0 aliphatic carbocycles. The zero-order valence-electron chi connectivity index (χ0n) is 23.9. The van der Waals surface area contributed by atoms with Crippen molar-refractivity contribution in [3.63, 3.8) is 0 Å². The van der Waals surface area contributed by atoms with Gasteiger partial charge < -0.3 is 9.88 Å². The Balaban J connectivity index is 1.57. The molecule has 0 spiro atoms. The molecule has 3 heterocycles. The van der Waals surface area contributed by atoms with E-state index in [4.69, 9.17) is 4.98 Å². The van der Waals surface area contributed by atoms with Crippen LogP contribution in [0.5, 0.6) is 0 Å². The minimum absolute atomic E-state index is 0.0319. The third kappa shape index (κ3) is 7.69. The van der Waals surface area contributed by atoms with Crippen LogP contribution in [-0.2, 0) is 21.1 Å². The van der Waals surface area contributed by atoms with E-state index >= 15 is 0 Å². The lowest BCUT2D eigenvalue weighted by Crippen LogP contribution is -2.34. The van der Waals surface area contributed by atoms with E-state index in [1.165, 1.54) is 11.8 Å². The Kier molecular flexibility index (Phi) is 9.73. The molecule has 0 bridgehead atoms. The van der Waals surface area contributed by atoms with Crippen molar-refractivity contribution in [1.29, 1.82) is 5.26 Å². The second-order valence-electron chi connectivity index (χ2n) is 10.8. The monoisotopic (exact) mass is 575 g/mol. The van der Waals surface area contributed by atoms with E-state index in [9.17, 15) is 23.3 Å². The zero-order valence-corrected chi connectivity index (χ0v) is 24.8. The first kappa shape index (κ1) is 30.2. The van der Waals surface area contributed by atoms with Crippen LogP contribution < -0.4 is 5.32 Å². The summed E-state index contributed by atoms with van der Waals surface area (Å²) < 4.78 is 26.0. The molecule has 4 rings (SSSR count). The van der Waals surface area contributed by atoms with Crippen LogP contribution in [0.1, 0.15) is 66.7 Å². The maximum Gasteiger partial charge on any atom is 0.220 e. The fourth-order valence-electron chi connectivity index (χ4n) is 5.31. The molecule has 1 aromatic carbocycles. The number of pyridine rings is 1. The number of ketones is 1. The lowest BCUT2D eigenvalue weighted by Gasteiger charge is -2.25. The minimum Gasteiger partial charge on any atom is -0.355 e. The molecule has 216 valence electrons. The molecular weight excluding hydrogens is 538 g/mol. The average molecular weight is 576 g/mol. The number of nitrogens with one attached hydrogen (secondary N) is 1. The van der Waals surface area contributed by atoms with Crippen LogP contribution in [0.3, 0.4) is 0 Å². The molecular formula is C31H37N5O4S. The van der Waals surface area contributed by atoms with Crippen LogP contribution in [-0.4, -0.2) is 66.5 Å². The predicted molar refractivity (Wildman–Crippen MR) is 160 cm³/mol. The van der Waals surface area contributed by atoms with Crippen molar-refractivity contribution in [3.05, 3.63) is 69.9 Å². The van der Waals surface area contributed by atoms with Crippen molar-refractivity contribution in [2.75, 3.05) is 31.9 Å². The van der Waals surface area contributed by atoms with Crippen LogP contribution in [0, 0.1) is 18.3 Å². The van der Waals surface area contributed by atoms with Gasteiger partial charge in [0.1, 0.15) is 0 Å². The Labute approximate surface area is 241 Å². The van der Waals surface area contributed by atoms with E-state index < -0.39 is 9.84 Å². The smallest absolute Gasteiger partial charge is 0.220 e. The van der Waals surface area contributed by atoms with E-state index in [-0.39, 0.29) is 30.4 Å². The number of Topliss-reactive ketones (excluding diaryl/α,β-unsaturated/α-hetero) is 1. The number of hydrogen-bond donors (Lipinski definition) is 1. The first-order valence-corrected chi connectivity index (χ1v) is 15.7. The maximum atomic E-state index is 13.6. The highest BCUT2D eigenvalue weighted by Gasteiger charge is 2.24. The highest BCUT2D eigenvalue weighted by Crippen LogP contribution is 2.30. The van der Waals surface area contributed by atoms with Gasteiger partial charge in [0, 0.05) is 36.0 Å². The Morgan fingerprint density at radius 3 is 2.49 bits per heavy atom. The van der Waals surface area contributed by atoms with E-state index in [2.05, 4.69) is 16.3 Å². The summed E-state index contributed by atoms with van der Waals surface area (Å²) >= 11 is 0. The van der Waals surface area contributed by atoms with Crippen LogP contribution in [0.25, 0.3) is 16.7 Å². The van der Waals surface area contributed by atoms with Crippen molar-refractivity contribution < 1.29 is 18.0 Å². The van der Waals surface area contributed by atoms with E-state index in [0.29, 0.717) is 35.2 Å². The number of nitriles is 1. The van der Waals surface area contributed by atoms with Crippen molar-refractivity contribution in [2.45, 2.75) is 52.9 Å². The van der Waals surface area contributed by atoms with Crippen LogP contribution in [0.4, 0.5) is 0 Å². The maximum absolute atomic E-state index is 13.6. The largest absolute Gasteiger partial charge is 0.355 e. The molecule has 41 heavy (non-hydrogen) atoms. The molecule has 10 heteroatoms. The zero-order chi connectivity index (χ0) is 29.6. The van der Waals surface area contributed by atoms with Gasteiger partial charge in [-0.2, -0.15) is 5.26 Å². The van der Waals surface area contributed by atoms with Gasteiger partial charge >= 0.3 is 0 Å². The summed E-state index contributed by atoms with van der Waals surface area (Å²) in [6.45, 7) is 7.58. The van der Waals surface area contributed by atoms with Gasteiger partial charge in [0.2, 0.25) is 5.91 Å². The summed E-state index contributed by atoms with van der Waals surface area (Å²) in [5.74, 6) is -0.360. The molecule has 9 nitrogen and oxygen atoms in total. The number of carbonyl (C=O) groups excluding carboxylic acids is 2. The first-order valence-electron chi connectivity index (χ1n) is 14.0. The topological polar surface area (TPSA) is 125 Å². The quantitative estimate of drug-likeness (QED) is 0.339. The lowest BCUT2D eigenvalue weighted by molar-refractivity contribution is -0.120. The Hall–Kier alpha value is -3.81. The van der Waals surface area contributed by atoms with Crippen LogP contribution in [0.15, 0.2) is 47.5 Å². The number of benzene rings is 1. The molecule has 1 fully saturated rings. The normalized spacial score (nSPS) is 14.0. The van der Waals surface area contributed by atoms with E-state index in [1.807, 2.05) is 29.7 Å². The Morgan fingerprint density at radius 2 is 1.83 bits per heavy atom. The van der Waals surface area contributed by atoms with E-state index in [1.54, 1.807) is 32.2 Å². The van der Waals surface area contributed by atoms with Crippen LogP contribution in [0.2, 0.25) is 0 Å². The number of hydrogen-bond acceptors (Lipinski definition) is 7. The molecule has 0 saturated carbocycles. The second kappa shape index (κ2) is 13.2. The number of carbonyl (C=O) groups is 2. The van der Waals surface area contributed by atoms with Gasteiger partial charge in [0.05, 0.1) is 40.5 Å². The number of sulfone groups is 1. The Morgan fingerprint density at radius 1 is 1.12 bits per heavy atom. The van der Waals surface area contributed by atoms with Crippen molar-refractivity contribution >= 4 is 32.6 Å². The summed E-state index contributed by atoms with van der Waals surface area (Å²) in [5, 5.41) is 13.1. The van der Waals surface area contributed by atoms with Gasteiger partial charge in [-0.15, -0.1) is 0 Å². The first-order chi connectivity index (χ1) is 19.6. The Bertz CT molecular complexity index is 1600. The molecule has 3 aromatic rings. The summed E-state index contributed by atoms with van der Waals surface area (Å²) in [6.07, 6.45) is 5.67. The van der Waals surface area contributed by atoms with Gasteiger partial charge in [-0.25, -0.2) is 8.42 Å². The van der Waals surface area contributed by atoms with Crippen molar-refractivity contribution in [2.24, 2.45) is 0 Å². The molecule has 1 saturated heterocycles. The molecule has 0 radical (unpaired) electrons. The molecule has 0 atom stereocenters. The molecule has 1 aliphatic heterocycles.